The fourth-order valence-corrected chi connectivity index (χ4v) is 3.36. The number of hydrogen-bond donors (Lipinski definition) is 1. The minimum Gasteiger partial charge on any atom is -0.393 e. The Morgan fingerprint density at radius 2 is 1.68 bits per heavy atom. The second kappa shape index (κ2) is 8.16. The Morgan fingerprint density at radius 1 is 1.00 bits per heavy atom. The molecule has 0 unspecified atom stereocenters. The minimum absolute atomic E-state index is 0.697. The third kappa shape index (κ3) is 4.02. The zero-order chi connectivity index (χ0) is 17.6. The molecule has 0 radical (unpaired) electrons. The molecule has 0 spiro atoms. The van der Waals surface area contributed by atoms with Crippen LogP contribution in [0, 0.1) is 0 Å². The Kier molecular flexibility index (Phi) is 5.71. The van der Waals surface area contributed by atoms with Crippen LogP contribution in [0.3, 0.4) is 0 Å². The van der Waals surface area contributed by atoms with Crippen LogP contribution in [0.15, 0.2) is 36.7 Å². The Morgan fingerprint density at radius 3 is 2.32 bits per heavy atom. The van der Waals surface area contributed by atoms with Crippen LogP contribution in [-0.4, -0.2) is 54.1 Å². The summed E-state index contributed by atoms with van der Waals surface area (Å²) in [5.74, 6) is 1.72. The first-order valence-electron chi connectivity index (χ1n) is 9.09. The highest BCUT2D eigenvalue weighted by molar-refractivity contribution is 5.75. The summed E-state index contributed by atoms with van der Waals surface area (Å²) in [6.07, 6.45) is 1.63. The Bertz CT molecular complexity index is 663. The van der Waals surface area contributed by atoms with Gasteiger partial charge >= 0.3 is 0 Å². The fraction of sp³-hybridized carbons (Fsp3) is 0.474. The van der Waals surface area contributed by atoms with Crippen molar-refractivity contribution in [2.24, 2.45) is 0 Å². The number of hydrogen-bond acceptors (Lipinski definition) is 6. The quantitative estimate of drug-likeness (QED) is 0.870. The van der Waals surface area contributed by atoms with Crippen LogP contribution in [0.1, 0.15) is 19.4 Å². The Balaban J connectivity index is 1.66. The molecule has 2 N–H and O–H groups in total. The second-order valence-electron chi connectivity index (χ2n) is 6.36. The molecular weight excluding hydrogens is 312 g/mol. The van der Waals surface area contributed by atoms with Gasteiger partial charge in [0.15, 0.2) is 11.6 Å². The molecule has 0 atom stereocenters. The molecule has 1 aliphatic heterocycles. The van der Waals surface area contributed by atoms with Crippen molar-refractivity contribution in [3.05, 3.63) is 42.2 Å². The largest absolute Gasteiger partial charge is 0.393 e. The van der Waals surface area contributed by atoms with Crippen molar-refractivity contribution in [2.45, 2.75) is 20.4 Å². The van der Waals surface area contributed by atoms with E-state index in [1.54, 1.807) is 6.33 Å². The summed E-state index contributed by atoms with van der Waals surface area (Å²) in [6.45, 7) is 10.9. The first-order valence-corrected chi connectivity index (χ1v) is 9.09. The third-order valence-electron chi connectivity index (χ3n) is 4.83. The van der Waals surface area contributed by atoms with Gasteiger partial charge in [0.25, 0.3) is 0 Å². The van der Waals surface area contributed by atoms with Gasteiger partial charge in [-0.15, -0.1) is 0 Å². The summed E-state index contributed by atoms with van der Waals surface area (Å²) >= 11 is 0. The normalized spacial score (nSPS) is 15.4. The van der Waals surface area contributed by atoms with Gasteiger partial charge in [-0.25, -0.2) is 9.97 Å². The first kappa shape index (κ1) is 17.5. The van der Waals surface area contributed by atoms with Crippen molar-refractivity contribution in [1.82, 2.24) is 14.9 Å². The average Bonchev–Trinajstić information content (AvgIpc) is 2.66. The van der Waals surface area contributed by atoms with Crippen LogP contribution < -0.4 is 15.5 Å². The monoisotopic (exact) mass is 340 g/mol. The molecule has 1 aromatic carbocycles. The number of benzene rings is 1. The van der Waals surface area contributed by atoms with Crippen LogP contribution in [0.2, 0.25) is 0 Å². The van der Waals surface area contributed by atoms with Crippen molar-refractivity contribution >= 4 is 17.3 Å². The van der Waals surface area contributed by atoms with Crippen LogP contribution >= 0.6 is 0 Å². The van der Waals surface area contributed by atoms with Crippen molar-refractivity contribution < 1.29 is 0 Å². The average molecular weight is 340 g/mol. The molecule has 0 amide bonds. The summed E-state index contributed by atoms with van der Waals surface area (Å²) in [6, 6.07) is 10.6. The Labute approximate surface area is 150 Å². The molecule has 6 nitrogen and oxygen atoms in total. The van der Waals surface area contributed by atoms with Crippen molar-refractivity contribution in [1.29, 1.82) is 0 Å². The summed E-state index contributed by atoms with van der Waals surface area (Å²) in [4.78, 5) is 15.8. The standard InChI is InChI=1S/C19H28N6/c1-3-24(4-2)18-17(20)19(22-15-21-18)25-12-10-23(11-13-25)14-16-8-6-5-7-9-16/h5-9,15H,3-4,10-14,20H2,1-2H3. The fourth-order valence-electron chi connectivity index (χ4n) is 3.36. The van der Waals surface area contributed by atoms with Gasteiger partial charge in [-0.1, -0.05) is 30.3 Å². The van der Waals surface area contributed by atoms with Gasteiger partial charge in [0.05, 0.1) is 0 Å². The lowest BCUT2D eigenvalue weighted by Crippen LogP contribution is -2.46. The minimum atomic E-state index is 0.697. The number of nitrogen functional groups attached to an aromatic ring is 1. The molecule has 1 aromatic heterocycles. The maximum absolute atomic E-state index is 6.40. The van der Waals surface area contributed by atoms with E-state index in [9.17, 15) is 0 Å². The number of rotatable bonds is 6. The molecule has 1 aliphatic rings. The predicted molar refractivity (Wildman–Crippen MR) is 104 cm³/mol. The van der Waals surface area contributed by atoms with Gasteiger partial charge in [-0.3, -0.25) is 4.90 Å². The maximum atomic E-state index is 6.40. The second-order valence-corrected chi connectivity index (χ2v) is 6.36. The number of piperazine rings is 1. The molecule has 1 saturated heterocycles. The van der Waals surface area contributed by atoms with E-state index in [-0.39, 0.29) is 0 Å². The van der Waals surface area contributed by atoms with Gasteiger partial charge in [0.2, 0.25) is 0 Å². The highest BCUT2D eigenvalue weighted by atomic mass is 15.3. The molecule has 3 rings (SSSR count). The topological polar surface area (TPSA) is 61.5 Å². The smallest absolute Gasteiger partial charge is 0.157 e. The van der Waals surface area contributed by atoms with Crippen molar-refractivity contribution in [3.63, 3.8) is 0 Å². The van der Waals surface area contributed by atoms with Gasteiger partial charge in [-0.2, -0.15) is 0 Å². The van der Waals surface area contributed by atoms with E-state index in [1.165, 1.54) is 5.56 Å². The molecular formula is C19H28N6. The maximum Gasteiger partial charge on any atom is 0.157 e. The number of aromatic nitrogens is 2. The van der Waals surface area contributed by atoms with E-state index < -0.39 is 0 Å². The number of nitrogens with zero attached hydrogens (tertiary/aromatic N) is 5. The lowest BCUT2D eigenvalue weighted by atomic mass is 10.2. The summed E-state index contributed by atoms with van der Waals surface area (Å²) < 4.78 is 0. The SMILES string of the molecule is CCN(CC)c1ncnc(N2CCN(Cc3ccccc3)CC2)c1N. The van der Waals surface area contributed by atoms with Crippen molar-refractivity contribution in [3.8, 4) is 0 Å². The van der Waals surface area contributed by atoms with Gasteiger partial charge in [0.1, 0.15) is 12.0 Å². The van der Waals surface area contributed by atoms with E-state index in [0.717, 1.165) is 57.4 Å². The highest BCUT2D eigenvalue weighted by Crippen LogP contribution is 2.29. The van der Waals surface area contributed by atoms with Crippen LogP contribution in [-0.2, 0) is 6.54 Å². The highest BCUT2D eigenvalue weighted by Gasteiger charge is 2.22. The zero-order valence-electron chi connectivity index (χ0n) is 15.2. The lowest BCUT2D eigenvalue weighted by Gasteiger charge is -2.36. The van der Waals surface area contributed by atoms with Crippen molar-refractivity contribution in [2.75, 3.05) is 54.8 Å². The summed E-state index contributed by atoms with van der Waals surface area (Å²) in [5.41, 5.74) is 8.46. The van der Waals surface area contributed by atoms with Crippen LogP contribution in [0.25, 0.3) is 0 Å². The van der Waals surface area contributed by atoms with Gasteiger partial charge in [0, 0.05) is 45.8 Å². The zero-order valence-corrected chi connectivity index (χ0v) is 15.2. The molecule has 6 heteroatoms. The van der Waals surface area contributed by atoms with Crippen LogP contribution in [0.4, 0.5) is 17.3 Å². The van der Waals surface area contributed by atoms with E-state index in [0.29, 0.717) is 5.69 Å². The van der Waals surface area contributed by atoms with Crippen LogP contribution in [0.5, 0.6) is 0 Å². The Hall–Kier alpha value is -2.34. The van der Waals surface area contributed by atoms with E-state index in [4.69, 9.17) is 5.73 Å². The third-order valence-corrected chi connectivity index (χ3v) is 4.83. The predicted octanol–water partition coefficient (Wildman–Crippen LogP) is 2.23. The van der Waals surface area contributed by atoms with E-state index in [2.05, 4.69) is 68.8 Å². The van der Waals surface area contributed by atoms with E-state index >= 15 is 0 Å². The lowest BCUT2D eigenvalue weighted by molar-refractivity contribution is 0.249. The van der Waals surface area contributed by atoms with Gasteiger partial charge in [-0.05, 0) is 19.4 Å². The summed E-state index contributed by atoms with van der Waals surface area (Å²) in [5, 5.41) is 0. The molecule has 134 valence electrons. The molecule has 2 heterocycles. The number of anilines is 3. The molecule has 2 aromatic rings. The first-order chi connectivity index (χ1) is 12.2. The summed E-state index contributed by atoms with van der Waals surface area (Å²) in [7, 11) is 0. The molecule has 0 aliphatic carbocycles. The molecule has 1 fully saturated rings. The van der Waals surface area contributed by atoms with E-state index in [1.807, 2.05) is 0 Å². The molecule has 0 saturated carbocycles. The number of nitrogens with two attached hydrogens (primary N) is 1. The van der Waals surface area contributed by atoms with Gasteiger partial charge < -0.3 is 15.5 Å². The molecule has 0 bridgehead atoms. The molecule has 25 heavy (non-hydrogen) atoms.